The first kappa shape index (κ1) is 24.7. The molecule has 1 aromatic carbocycles. The zero-order valence-corrected chi connectivity index (χ0v) is 20.9. The van der Waals surface area contributed by atoms with Crippen molar-refractivity contribution in [3.05, 3.63) is 29.5 Å². The van der Waals surface area contributed by atoms with Crippen LogP contribution in [0.25, 0.3) is 22.3 Å². The number of fused-ring (bicyclic) bond motifs is 1. The Morgan fingerprint density at radius 3 is 2.64 bits per heavy atom. The summed E-state index contributed by atoms with van der Waals surface area (Å²) in [4.78, 5) is 8.23. The lowest BCUT2D eigenvalue weighted by Crippen LogP contribution is -2.50. The van der Waals surface area contributed by atoms with Crippen LogP contribution in [0.1, 0.15) is 50.7 Å². The van der Waals surface area contributed by atoms with E-state index in [9.17, 15) is 23.0 Å². The quantitative estimate of drug-likeness (QED) is 0.432. The molecule has 2 aromatic heterocycles. The first-order valence-electron chi connectivity index (χ1n) is 12.0. The maximum absolute atomic E-state index is 14.0. The molecular weight excluding hydrogens is 490 g/mol. The average molecular weight is 517 g/mol. The van der Waals surface area contributed by atoms with E-state index in [1.54, 1.807) is 6.07 Å². The van der Waals surface area contributed by atoms with Gasteiger partial charge in [0.25, 0.3) is 0 Å². The van der Waals surface area contributed by atoms with E-state index in [1.165, 1.54) is 6.07 Å². The van der Waals surface area contributed by atoms with Crippen molar-refractivity contribution in [2.45, 2.75) is 57.3 Å². The van der Waals surface area contributed by atoms with E-state index in [1.807, 2.05) is 0 Å². The normalized spacial score (nSPS) is 21.4. The molecule has 4 heterocycles. The van der Waals surface area contributed by atoms with E-state index in [0.717, 1.165) is 31.9 Å². The van der Waals surface area contributed by atoms with Crippen LogP contribution in [0, 0.1) is 11.3 Å². The number of hydrogen-bond donors (Lipinski definition) is 3. The monoisotopic (exact) mass is 517 g/mol. The Morgan fingerprint density at radius 1 is 1.25 bits per heavy atom. The minimum Gasteiger partial charge on any atom is -0.350 e. The predicted octanol–water partition coefficient (Wildman–Crippen LogP) is 4.64. The molecule has 0 unspecified atom stereocenters. The third-order valence-electron chi connectivity index (χ3n) is 7.13. The summed E-state index contributed by atoms with van der Waals surface area (Å²) in [6, 6.07) is 5.11. The largest absolute Gasteiger partial charge is 0.420 e. The maximum atomic E-state index is 14.0. The number of alkyl halides is 3. The molecule has 3 aromatic rings. The topological polar surface area (TPSA) is 119 Å². The Bertz CT molecular complexity index is 1390. The molecule has 2 fully saturated rings. The number of benzene rings is 1. The lowest BCUT2D eigenvalue weighted by atomic mass is 9.91. The molecule has 3 N–H and O–H groups in total. The summed E-state index contributed by atoms with van der Waals surface area (Å²) in [5.74, 6) is 0.0877. The van der Waals surface area contributed by atoms with Crippen molar-refractivity contribution in [3.8, 4) is 17.5 Å². The second-order valence-corrected chi connectivity index (χ2v) is 13.3. The highest BCUT2D eigenvalue weighted by molar-refractivity contribution is 7.72. The van der Waals surface area contributed by atoms with Crippen molar-refractivity contribution in [3.63, 3.8) is 0 Å². The summed E-state index contributed by atoms with van der Waals surface area (Å²) in [7, 11) is -2.87. The summed E-state index contributed by atoms with van der Waals surface area (Å²) in [5.41, 5.74) is -0.761. The van der Waals surface area contributed by atoms with Crippen LogP contribution < -0.4 is 15.9 Å². The number of nitriles is 1. The highest BCUT2D eigenvalue weighted by Crippen LogP contribution is 2.53. The minimum absolute atomic E-state index is 0.0000534. The van der Waals surface area contributed by atoms with E-state index in [-0.39, 0.29) is 40.0 Å². The summed E-state index contributed by atoms with van der Waals surface area (Å²) in [5, 5.41) is 23.9. The number of piperidine rings is 1. The van der Waals surface area contributed by atoms with Crippen molar-refractivity contribution in [2.24, 2.45) is 0 Å². The summed E-state index contributed by atoms with van der Waals surface area (Å²) >= 11 is 0. The molecule has 0 spiro atoms. The van der Waals surface area contributed by atoms with Gasteiger partial charge in [0.2, 0.25) is 5.95 Å². The summed E-state index contributed by atoms with van der Waals surface area (Å²) in [6.07, 6.45) is 0.283. The van der Waals surface area contributed by atoms with E-state index in [2.05, 4.69) is 50.7 Å². The minimum atomic E-state index is -4.70. The van der Waals surface area contributed by atoms with Gasteiger partial charge in [-0.25, -0.2) is 9.97 Å². The SMILES string of the molecule is CC1(C)CC[C@H](Nc2ncc(C(F)(F)F)c(-c3[nH]nc4c(P5(=O)CCCC5)c(C#N)ccc34)n2)CN1. The van der Waals surface area contributed by atoms with Gasteiger partial charge in [-0.1, -0.05) is 0 Å². The summed E-state index contributed by atoms with van der Waals surface area (Å²) in [6.45, 7) is 4.84. The standard InChI is InChI=1S/C24H27F3N7OP/c1-23(2)8-7-15(12-30-23)31-22-29-13-17(24(25,26)27)20(32-22)18-16-6-5-14(11-28)21(19(16)34-33-18)36(35)9-3-4-10-36/h5-6,13,15,30H,3-4,7-10,12H2,1-2H3,(H,33,34)(H,29,31,32)/t15-/m0/s1. The highest BCUT2D eigenvalue weighted by Gasteiger charge is 2.38. The zero-order valence-electron chi connectivity index (χ0n) is 20.0. The molecule has 12 heteroatoms. The van der Waals surface area contributed by atoms with Crippen LogP contribution >= 0.6 is 7.14 Å². The number of H-pyrrole nitrogens is 1. The second kappa shape index (κ2) is 8.86. The van der Waals surface area contributed by atoms with Gasteiger partial charge in [-0.2, -0.15) is 23.5 Å². The Morgan fingerprint density at radius 2 is 2.00 bits per heavy atom. The van der Waals surface area contributed by atoms with Gasteiger partial charge in [0.1, 0.15) is 23.9 Å². The molecule has 5 rings (SSSR count). The lowest BCUT2D eigenvalue weighted by molar-refractivity contribution is -0.137. The Balaban J connectivity index is 1.61. The third kappa shape index (κ3) is 4.48. The zero-order chi connectivity index (χ0) is 25.7. The molecule has 36 heavy (non-hydrogen) atoms. The van der Waals surface area contributed by atoms with E-state index in [4.69, 9.17) is 0 Å². The molecule has 2 aliphatic rings. The van der Waals surface area contributed by atoms with Crippen molar-refractivity contribution < 1.29 is 17.7 Å². The van der Waals surface area contributed by atoms with Gasteiger partial charge in [0.05, 0.1) is 22.6 Å². The first-order valence-corrected chi connectivity index (χ1v) is 14.0. The number of halogens is 3. The molecule has 0 bridgehead atoms. The molecule has 190 valence electrons. The molecule has 8 nitrogen and oxygen atoms in total. The molecule has 0 amide bonds. The molecule has 2 aliphatic heterocycles. The fourth-order valence-corrected chi connectivity index (χ4v) is 8.36. The van der Waals surface area contributed by atoms with Crippen LogP contribution in [0.3, 0.4) is 0 Å². The van der Waals surface area contributed by atoms with Gasteiger partial charge < -0.3 is 15.2 Å². The fourth-order valence-electron chi connectivity index (χ4n) is 5.10. The fraction of sp³-hybridized carbons (Fsp3) is 0.500. The van der Waals surface area contributed by atoms with Crippen molar-refractivity contribution >= 4 is 29.3 Å². The van der Waals surface area contributed by atoms with E-state index >= 15 is 0 Å². The number of anilines is 1. The smallest absolute Gasteiger partial charge is 0.350 e. The van der Waals surface area contributed by atoms with Crippen LogP contribution in [0.15, 0.2) is 18.3 Å². The van der Waals surface area contributed by atoms with Crippen molar-refractivity contribution in [1.29, 1.82) is 5.26 Å². The molecule has 1 atom stereocenters. The lowest BCUT2D eigenvalue weighted by Gasteiger charge is -2.36. The Hall–Kier alpha value is -2.96. The molecular formula is C24H27F3N7OP. The first-order chi connectivity index (χ1) is 17.0. The maximum Gasteiger partial charge on any atom is 0.420 e. The third-order valence-corrected chi connectivity index (χ3v) is 10.5. The van der Waals surface area contributed by atoms with Crippen molar-refractivity contribution in [2.75, 3.05) is 24.2 Å². The van der Waals surface area contributed by atoms with E-state index < -0.39 is 18.9 Å². The summed E-state index contributed by atoms with van der Waals surface area (Å²) < 4.78 is 55.6. The number of hydrogen-bond acceptors (Lipinski definition) is 7. The van der Waals surface area contributed by atoms with Crippen LogP contribution in [0.2, 0.25) is 0 Å². The van der Waals surface area contributed by atoms with Gasteiger partial charge >= 0.3 is 6.18 Å². The van der Waals surface area contributed by atoms with Crippen LogP contribution in [-0.4, -0.2) is 50.6 Å². The predicted molar refractivity (Wildman–Crippen MR) is 132 cm³/mol. The Labute approximate surface area is 206 Å². The Kier molecular flexibility index (Phi) is 6.08. The molecule has 2 saturated heterocycles. The number of nitrogens with zero attached hydrogens (tertiary/aromatic N) is 4. The van der Waals surface area contributed by atoms with Crippen LogP contribution in [0.5, 0.6) is 0 Å². The van der Waals surface area contributed by atoms with Gasteiger partial charge in [-0.15, -0.1) is 0 Å². The van der Waals surface area contributed by atoms with Gasteiger partial charge in [0.15, 0.2) is 0 Å². The van der Waals surface area contributed by atoms with E-state index in [0.29, 0.717) is 29.6 Å². The molecule has 0 saturated carbocycles. The number of aromatic nitrogens is 4. The highest BCUT2D eigenvalue weighted by atomic mass is 31.2. The van der Waals surface area contributed by atoms with Crippen LogP contribution in [0.4, 0.5) is 19.1 Å². The van der Waals surface area contributed by atoms with Gasteiger partial charge in [-0.3, -0.25) is 5.10 Å². The number of rotatable bonds is 4. The number of nitrogens with one attached hydrogen (secondary N) is 3. The average Bonchev–Trinajstić information content (AvgIpc) is 3.46. The second-order valence-electron chi connectivity index (χ2n) is 10.2. The van der Waals surface area contributed by atoms with Crippen molar-refractivity contribution in [1.82, 2.24) is 25.5 Å². The van der Waals surface area contributed by atoms with Gasteiger partial charge in [0, 0.05) is 42.0 Å². The molecule has 0 radical (unpaired) electrons. The van der Waals surface area contributed by atoms with Crippen LogP contribution in [-0.2, 0) is 10.7 Å². The van der Waals surface area contributed by atoms with Gasteiger partial charge in [-0.05, 0) is 51.7 Å². The molecule has 0 aliphatic carbocycles. The number of aromatic amines is 1.